The number of pyridine rings is 1. The lowest BCUT2D eigenvalue weighted by Crippen LogP contribution is -2.20. The van der Waals surface area contributed by atoms with Crippen LogP contribution < -0.4 is 5.43 Å². The summed E-state index contributed by atoms with van der Waals surface area (Å²) in [6.07, 6.45) is 4.90. The number of thioether (sulfide) groups is 1. The van der Waals surface area contributed by atoms with Gasteiger partial charge in [-0.3, -0.25) is 14.3 Å². The van der Waals surface area contributed by atoms with Gasteiger partial charge < -0.3 is 0 Å². The third-order valence-corrected chi connectivity index (χ3v) is 5.03. The van der Waals surface area contributed by atoms with Crippen LogP contribution >= 0.6 is 11.8 Å². The van der Waals surface area contributed by atoms with Crippen LogP contribution in [0.4, 0.5) is 0 Å². The van der Waals surface area contributed by atoms with Crippen molar-refractivity contribution in [3.63, 3.8) is 0 Å². The molecule has 0 aliphatic rings. The van der Waals surface area contributed by atoms with Crippen LogP contribution in [0.3, 0.4) is 0 Å². The Kier molecular flexibility index (Phi) is 6.26. The van der Waals surface area contributed by atoms with Crippen LogP contribution in [-0.4, -0.2) is 37.6 Å². The summed E-state index contributed by atoms with van der Waals surface area (Å²) >= 11 is 1.30. The van der Waals surface area contributed by atoms with Crippen molar-refractivity contribution in [2.24, 2.45) is 5.10 Å². The summed E-state index contributed by atoms with van der Waals surface area (Å²) in [6, 6.07) is 23.3. The second-order valence-electron chi connectivity index (χ2n) is 6.21. The molecule has 4 aromatic rings. The molecule has 30 heavy (non-hydrogen) atoms. The zero-order valence-electron chi connectivity index (χ0n) is 15.9. The minimum atomic E-state index is -0.232. The molecule has 2 heterocycles. The molecule has 0 spiro atoms. The Hall–Kier alpha value is -3.78. The lowest BCUT2D eigenvalue weighted by Gasteiger charge is -2.10. The Balaban J connectivity index is 1.49. The Bertz CT molecular complexity index is 1130. The van der Waals surface area contributed by atoms with Gasteiger partial charge in [0.15, 0.2) is 11.0 Å². The Labute approximate surface area is 177 Å². The number of carbonyl (C=O) groups excluding carboxylic acids is 1. The third kappa shape index (κ3) is 4.79. The maximum Gasteiger partial charge on any atom is 0.250 e. The molecule has 0 radical (unpaired) electrons. The number of rotatable bonds is 7. The average Bonchev–Trinajstić information content (AvgIpc) is 3.23. The number of nitrogens with zero attached hydrogens (tertiary/aromatic N) is 5. The van der Waals surface area contributed by atoms with Crippen LogP contribution in [-0.2, 0) is 4.79 Å². The van der Waals surface area contributed by atoms with E-state index in [1.165, 1.54) is 11.8 Å². The van der Waals surface area contributed by atoms with E-state index in [0.29, 0.717) is 5.16 Å². The normalized spacial score (nSPS) is 10.9. The molecule has 0 aliphatic heterocycles. The number of hydrogen-bond acceptors (Lipinski definition) is 6. The third-order valence-electron chi connectivity index (χ3n) is 4.10. The molecular weight excluding hydrogens is 396 g/mol. The van der Waals surface area contributed by atoms with Gasteiger partial charge in [0.1, 0.15) is 0 Å². The lowest BCUT2D eigenvalue weighted by atomic mass is 10.2. The second kappa shape index (κ2) is 9.62. The molecule has 8 heteroatoms. The number of benzene rings is 2. The summed E-state index contributed by atoms with van der Waals surface area (Å²) in [5, 5.41) is 13.3. The minimum absolute atomic E-state index is 0.157. The maximum absolute atomic E-state index is 12.2. The monoisotopic (exact) mass is 414 g/mol. The van der Waals surface area contributed by atoms with Crippen molar-refractivity contribution in [3.8, 4) is 17.1 Å². The average molecular weight is 414 g/mol. The van der Waals surface area contributed by atoms with Crippen molar-refractivity contribution in [3.05, 3.63) is 90.8 Å². The summed E-state index contributed by atoms with van der Waals surface area (Å²) in [7, 11) is 0. The molecule has 1 amide bonds. The summed E-state index contributed by atoms with van der Waals surface area (Å²) in [4.78, 5) is 16.2. The van der Waals surface area contributed by atoms with Gasteiger partial charge in [0.25, 0.3) is 5.91 Å². The van der Waals surface area contributed by atoms with E-state index in [4.69, 9.17) is 0 Å². The first-order chi connectivity index (χ1) is 14.8. The quantitative estimate of drug-likeness (QED) is 0.284. The van der Waals surface area contributed by atoms with Gasteiger partial charge in [0, 0.05) is 29.2 Å². The molecule has 0 bridgehead atoms. The maximum atomic E-state index is 12.2. The molecule has 0 fully saturated rings. The first kappa shape index (κ1) is 19.5. The molecule has 0 aliphatic carbocycles. The van der Waals surface area contributed by atoms with Gasteiger partial charge in [-0.1, -0.05) is 66.4 Å². The SMILES string of the molecule is O=C(CSc1nnc(-c2ccccc2)n1-c1ccccc1)N/N=C/c1cccnc1. The van der Waals surface area contributed by atoms with Gasteiger partial charge in [-0.15, -0.1) is 10.2 Å². The first-order valence-electron chi connectivity index (χ1n) is 9.22. The van der Waals surface area contributed by atoms with Crippen LogP contribution in [0.25, 0.3) is 17.1 Å². The number of nitrogens with one attached hydrogen (secondary N) is 1. The smallest absolute Gasteiger partial charge is 0.250 e. The predicted octanol–water partition coefficient (Wildman–Crippen LogP) is 3.57. The molecule has 2 aromatic heterocycles. The molecule has 0 atom stereocenters. The van der Waals surface area contributed by atoms with Gasteiger partial charge in [0.05, 0.1) is 12.0 Å². The highest BCUT2D eigenvalue weighted by atomic mass is 32.2. The number of aromatic nitrogens is 4. The highest BCUT2D eigenvalue weighted by molar-refractivity contribution is 7.99. The Morgan fingerprint density at radius 3 is 2.50 bits per heavy atom. The highest BCUT2D eigenvalue weighted by Crippen LogP contribution is 2.27. The molecule has 7 nitrogen and oxygen atoms in total. The highest BCUT2D eigenvalue weighted by Gasteiger charge is 2.16. The molecule has 0 saturated heterocycles. The van der Waals surface area contributed by atoms with Crippen molar-refractivity contribution >= 4 is 23.9 Å². The molecule has 0 unspecified atom stereocenters. The van der Waals surface area contributed by atoms with E-state index in [0.717, 1.165) is 22.6 Å². The van der Waals surface area contributed by atoms with Crippen molar-refractivity contribution in [1.82, 2.24) is 25.2 Å². The molecule has 148 valence electrons. The summed E-state index contributed by atoms with van der Waals surface area (Å²) < 4.78 is 1.95. The van der Waals surface area contributed by atoms with E-state index in [2.05, 4.69) is 25.7 Å². The molecule has 4 rings (SSSR count). The lowest BCUT2D eigenvalue weighted by molar-refractivity contribution is -0.118. The second-order valence-corrected chi connectivity index (χ2v) is 7.15. The van der Waals surface area contributed by atoms with Crippen molar-refractivity contribution < 1.29 is 4.79 Å². The standard InChI is InChI=1S/C22H18N6OS/c29-20(25-24-15-17-8-7-13-23-14-17)16-30-22-27-26-21(18-9-3-1-4-10-18)28(22)19-11-5-2-6-12-19/h1-15H,16H2,(H,25,29)/b24-15+. The van der Waals surface area contributed by atoms with Crippen molar-refractivity contribution in [2.45, 2.75) is 5.16 Å². The van der Waals surface area contributed by atoms with E-state index in [1.54, 1.807) is 24.7 Å². The largest absolute Gasteiger partial charge is 0.272 e. The topological polar surface area (TPSA) is 85.1 Å². The Morgan fingerprint density at radius 1 is 1.00 bits per heavy atom. The summed E-state index contributed by atoms with van der Waals surface area (Å²) in [5.41, 5.74) is 5.21. The van der Waals surface area contributed by atoms with Crippen LogP contribution in [0, 0.1) is 0 Å². The van der Waals surface area contributed by atoms with Crippen molar-refractivity contribution in [2.75, 3.05) is 5.75 Å². The van der Waals surface area contributed by atoms with Gasteiger partial charge in [-0.2, -0.15) is 5.10 Å². The summed E-state index contributed by atoms with van der Waals surface area (Å²) in [6.45, 7) is 0. The number of para-hydroxylation sites is 1. The zero-order chi connectivity index (χ0) is 20.6. The Morgan fingerprint density at radius 2 is 1.77 bits per heavy atom. The van der Waals surface area contributed by atoms with Crippen LogP contribution in [0.1, 0.15) is 5.56 Å². The van der Waals surface area contributed by atoms with E-state index < -0.39 is 0 Å². The van der Waals surface area contributed by atoms with E-state index >= 15 is 0 Å². The van der Waals surface area contributed by atoms with E-state index in [-0.39, 0.29) is 11.7 Å². The predicted molar refractivity (Wildman–Crippen MR) is 117 cm³/mol. The van der Waals surface area contributed by atoms with Crippen molar-refractivity contribution in [1.29, 1.82) is 0 Å². The molecule has 0 saturated carbocycles. The van der Waals surface area contributed by atoms with E-state index in [9.17, 15) is 4.79 Å². The number of carbonyl (C=O) groups is 1. The first-order valence-corrected chi connectivity index (χ1v) is 10.2. The van der Waals surface area contributed by atoms with Gasteiger partial charge in [0.2, 0.25) is 0 Å². The molecule has 1 N–H and O–H groups in total. The molecule has 2 aromatic carbocycles. The van der Waals surface area contributed by atoms with Gasteiger partial charge in [-0.25, -0.2) is 5.43 Å². The van der Waals surface area contributed by atoms with Crippen LogP contribution in [0.15, 0.2) is 95.4 Å². The van der Waals surface area contributed by atoms with Crippen LogP contribution in [0.2, 0.25) is 0 Å². The fourth-order valence-corrected chi connectivity index (χ4v) is 3.49. The summed E-state index contributed by atoms with van der Waals surface area (Å²) in [5.74, 6) is 0.646. The number of amides is 1. The van der Waals surface area contributed by atoms with Gasteiger partial charge >= 0.3 is 0 Å². The van der Waals surface area contributed by atoms with Gasteiger partial charge in [-0.05, 0) is 18.2 Å². The fourth-order valence-electron chi connectivity index (χ4n) is 2.74. The molecular formula is C22H18N6OS. The number of hydrogen-bond donors (Lipinski definition) is 1. The fraction of sp³-hybridized carbons (Fsp3) is 0.0455. The zero-order valence-corrected chi connectivity index (χ0v) is 16.7. The number of hydrazone groups is 1. The van der Waals surface area contributed by atoms with Crippen LogP contribution in [0.5, 0.6) is 0 Å². The minimum Gasteiger partial charge on any atom is -0.272 e. The van der Waals surface area contributed by atoms with E-state index in [1.807, 2.05) is 71.3 Å².